The van der Waals surface area contributed by atoms with Crippen LogP contribution < -0.4 is 30.3 Å². The number of nitrogens with one attached hydrogen (secondary N) is 3. The van der Waals surface area contributed by atoms with Gasteiger partial charge in [-0.25, -0.2) is 9.59 Å². The summed E-state index contributed by atoms with van der Waals surface area (Å²) in [5, 5.41) is 22.3. The van der Waals surface area contributed by atoms with Gasteiger partial charge in [0.15, 0.2) is 17.7 Å². The Balaban J connectivity index is 1.28. The van der Waals surface area contributed by atoms with Crippen LogP contribution in [0.1, 0.15) is 36.6 Å². The summed E-state index contributed by atoms with van der Waals surface area (Å²) in [5.41, 5.74) is 5.74. The van der Waals surface area contributed by atoms with E-state index in [9.17, 15) is 14.7 Å². The van der Waals surface area contributed by atoms with Gasteiger partial charge < -0.3 is 34.7 Å². The van der Waals surface area contributed by atoms with E-state index in [1.807, 2.05) is 67.6 Å². The highest BCUT2D eigenvalue weighted by molar-refractivity contribution is 9.10. The third-order valence-corrected chi connectivity index (χ3v) is 7.86. The molecule has 4 aromatic carbocycles. The van der Waals surface area contributed by atoms with Crippen molar-refractivity contribution in [2.45, 2.75) is 32.7 Å². The fraction of sp³-hybridized carbons (Fsp3) is 0.229. The molecule has 4 N–H and O–H groups in total. The molecule has 0 saturated heterocycles. The summed E-state index contributed by atoms with van der Waals surface area (Å²) in [7, 11) is 1.28. The van der Waals surface area contributed by atoms with Crippen molar-refractivity contribution in [3.63, 3.8) is 0 Å². The highest BCUT2D eigenvalue weighted by atomic mass is 79.9. The van der Waals surface area contributed by atoms with Crippen LogP contribution in [0, 0.1) is 0 Å². The number of rotatable bonds is 13. The van der Waals surface area contributed by atoms with Crippen LogP contribution in [0.4, 0.5) is 4.79 Å². The number of aliphatic hydroxyl groups is 1. The summed E-state index contributed by atoms with van der Waals surface area (Å²) >= 11 is 3.45. The monoisotopic (exact) mass is 702 g/mol. The van der Waals surface area contributed by atoms with E-state index in [0.717, 1.165) is 26.4 Å². The first-order chi connectivity index (χ1) is 22.8. The first-order valence-electron chi connectivity index (χ1n) is 14.9. The number of ether oxygens (including phenoxy) is 4. The number of benzene rings is 4. The number of allylic oxidation sites excluding steroid dienone is 1. The number of carbonyl (C=O) groups excluding carboxylic acids is 2. The molecule has 2 atom stereocenters. The Morgan fingerprint density at radius 3 is 2.55 bits per heavy atom. The van der Waals surface area contributed by atoms with Crippen LogP contribution in [0.15, 0.2) is 99.7 Å². The van der Waals surface area contributed by atoms with E-state index < -0.39 is 24.3 Å². The third kappa shape index (κ3) is 8.21. The van der Waals surface area contributed by atoms with Crippen LogP contribution >= 0.6 is 15.9 Å². The molecular formula is C35H35BrN4O7. The quantitative estimate of drug-likeness (QED) is 0.0602. The maximum absolute atomic E-state index is 12.5. The lowest BCUT2D eigenvalue weighted by atomic mass is 9.95. The Bertz CT molecular complexity index is 1810. The number of amides is 2. The summed E-state index contributed by atoms with van der Waals surface area (Å²) in [6.45, 7) is 4.01. The molecule has 2 amide bonds. The summed E-state index contributed by atoms with van der Waals surface area (Å²) < 4.78 is 23.8. The molecule has 0 unspecified atom stereocenters. The topological polar surface area (TPSA) is 140 Å². The third-order valence-electron chi connectivity index (χ3n) is 7.33. The lowest BCUT2D eigenvalue weighted by Crippen LogP contribution is -2.45. The van der Waals surface area contributed by atoms with Gasteiger partial charge in [0.2, 0.25) is 0 Å². The number of hydrogen-bond donors (Lipinski definition) is 4. The standard InChI is InChI=1S/C35H35BrN4O7/c1-4-45-30-17-24(33-32(34(42)44-3)21(2)38-35(43)39-33)12-16-29(30)47-20-31(41)40-37-18-27-26-8-6-5-7-23(26)11-15-28(27)46-19-22-9-13-25(36)14-10-22/h5-18,31,33,40-41H,4,19-20H2,1-3H3,(H2,38,39,43)/b37-18+/t31-,33-/m1/s1. The summed E-state index contributed by atoms with van der Waals surface area (Å²) in [4.78, 5) is 24.7. The second kappa shape index (κ2) is 15.5. The van der Waals surface area contributed by atoms with Gasteiger partial charge in [0.1, 0.15) is 19.0 Å². The van der Waals surface area contributed by atoms with Crippen molar-refractivity contribution in [1.82, 2.24) is 16.1 Å². The zero-order valence-corrected chi connectivity index (χ0v) is 27.7. The molecule has 4 aromatic rings. The van der Waals surface area contributed by atoms with E-state index in [2.05, 4.69) is 37.1 Å². The van der Waals surface area contributed by atoms with Crippen molar-refractivity contribution in [3.8, 4) is 17.2 Å². The Hall–Kier alpha value is -5.07. The number of urea groups is 1. The number of esters is 1. The maximum atomic E-state index is 12.5. The molecule has 244 valence electrons. The first-order valence-corrected chi connectivity index (χ1v) is 15.7. The highest BCUT2D eigenvalue weighted by Gasteiger charge is 2.32. The number of methoxy groups -OCH3 is 1. The largest absolute Gasteiger partial charge is 0.490 e. The van der Waals surface area contributed by atoms with Gasteiger partial charge in [-0.05, 0) is 66.1 Å². The highest BCUT2D eigenvalue weighted by Crippen LogP contribution is 2.35. The molecular weight excluding hydrogens is 668 g/mol. The van der Waals surface area contributed by atoms with Crippen LogP contribution in [0.5, 0.6) is 17.2 Å². The van der Waals surface area contributed by atoms with Crippen LogP contribution in [0.3, 0.4) is 0 Å². The van der Waals surface area contributed by atoms with Gasteiger partial charge in [0, 0.05) is 15.7 Å². The molecule has 1 aliphatic heterocycles. The molecule has 5 rings (SSSR count). The molecule has 0 bridgehead atoms. The van der Waals surface area contributed by atoms with Crippen LogP contribution in [0.25, 0.3) is 10.8 Å². The number of hydrazone groups is 1. The minimum absolute atomic E-state index is 0.157. The Labute approximate surface area is 280 Å². The molecule has 0 aliphatic carbocycles. The fourth-order valence-corrected chi connectivity index (χ4v) is 5.35. The molecule has 0 saturated carbocycles. The molecule has 11 nitrogen and oxygen atoms in total. The van der Waals surface area contributed by atoms with Crippen molar-refractivity contribution in [1.29, 1.82) is 0 Å². The normalized spacial score (nSPS) is 15.2. The Kier molecular flexibility index (Phi) is 11.0. The van der Waals surface area contributed by atoms with Crippen molar-refractivity contribution in [2.24, 2.45) is 5.10 Å². The van der Waals surface area contributed by atoms with Crippen molar-refractivity contribution in [2.75, 3.05) is 20.3 Å². The van der Waals surface area contributed by atoms with Gasteiger partial charge >= 0.3 is 12.0 Å². The molecule has 0 aromatic heterocycles. The molecule has 0 fully saturated rings. The number of halogens is 1. The Morgan fingerprint density at radius 1 is 1.02 bits per heavy atom. The number of carbonyl (C=O) groups is 2. The minimum Gasteiger partial charge on any atom is -0.490 e. The zero-order valence-electron chi connectivity index (χ0n) is 26.1. The van der Waals surface area contributed by atoms with Gasteiger partial charge in [-0.3, -0.25) is 5.43 Å². The average molecular weight is 704 g/mol. The van der Waals surface area contributed by atoms with Gasteiger partial charge in [0.25, 0.3) is 0 Å². The molecule has 1 heterocycles. The number of hydrogen-bond acceptors (Lipinski definition) is 9. The summed E-state index contributed by atoms with van der Waals surface area (Å²) in [6, 6.07) is 23.6. The number of fused-ring (bicyclic) bond motifs is 1. The van der Waals surface area contributed by atoms with Crippen molar-refractivity contribution in [3.05, 3.63) is 111 Å². The van der Waals surface area contributed by atoms with Gasteiger partial charge in [0.05, 0.1) is 31.5 Å². The SMILES string of the molecule is CCOc1cc([C@H]2NC(=O)NC(C)=C2C(=O)OC)ccc1OC[C@@H](O)N/N=C/c1c(OCc2ccc(Br)cc2)ccc2ccccc12. The molecule has 12 heteroatoms. The second-order valence-corrected chi connectivity index (χ2v) is 11.4. The summed E-state index contributed by atoms with van der Waals surface area (Å²) in [6.07, 6.45) is 0.452. The van der Waals surface area contributed by atoms with Crippen LogP contribution in [-0.2, 0) is 16.1 Å². The lowest BCUT2D eigenvalue weighted by molar-refractivity contribution is -0.136. The zero-order chi connectivity index (χ0) is 33.3. The van der Waals surface area contributed by atoms with E-state index in [0.29, 0.717) is 41.7 Å². The van der Waals surface area contributed by atoms with Gasteiger partial charge in [-0.15, -0.1) is 0 Å². The van der Waals surface area contributed by atoms with Gasteiger partial charge in [-0.1, -0.05) is 64.5 Å². The van der Waals surface area contributed by atoms with E-state index in [4.69, 9.17) is 18.9 Å². The molecule has 0 spiro atoms. The number of nitrogens with zero attached hydrogens (tertiary/aromatic N) is 1. The van der Waals surface area contributed by atoms with Crippen molar-refractivity contribution < 1.29 is 33.6 Å². The molecule has 1 aliphatic rings. The summed E-state index contributed by atoms with van der Waals surface area (Å²) in [5.74, 6) is 0.812. The van der Waals surface area contributed by atoms with E-state index in [1.165, 1.54) is 7.11 Å². The van der Waals surface area contributed by atoms with Crippen LogP contribution in [0.2, 0.25) is 0 Å². The first kappa shape index (κ1) is 33.3. The van der Waals surface area contributed by atoms with E-state index >= 15 is 0 Å². The van der Waals surface area contributed by atoms with E-state index in [1.54, 1.807) is 31.3 Å². The molecule has 0 radical (unpaired) electrons. The maximum Gasteiger partial charge on any atom is 0.337 e. The van der Waals surface area contributed by atoms with Gasteiger partial charge in [-0.2, -0.15) is 5.10 Å². The Morgan fingerprint density at radius 2 is 1.79 bits per heavy atom. The average Bonchev–Trinajstić information content (AvgIpc) is 3.07. The number of aliphatic hydroxyl groups excluding tert-OH is 1. The van der Waals surface area contributed by atoms with Crippen LogP contribution in [-0.4, -0.2) is 49.9 Å². The van der Waals surface area contributed by atoms with Crippen molar-refractivity contribution >= 4 is 44.9 Å². The predicted molar refractivity (Wildman–Crippen MR) is 181 cm³/mol. The molecule has 47 heavy (non-hydrogen) atoms. The van der Waals surface area contributed by atoms with E-state index in [-0.39, 0.29) is 12.2 Å². The smallest absolute Gasteiger partial charge is 0.337 e. The fourth-order valence-electron chi connectivity index (χ4n) is 5.09. The second-order valence-electron chi connectivity index (χ2n) is 10.5. The minimum atomic E-state index is -1.16. The lowest BCUT2D eigenvalue weighted by Gasteiger charge is -2.28. The predicted octanol–water partition coefficient (Wildman–Crippen LogP) is 5.70.